The van der Waals surface area contributed by atoms with E-state index in [1.165, 1.54) is 0 Å². The van der Waals surface area contributed by atoms with E-state index in [2.05, 4.69) is 0 Å². The highest BCUT2D eigenvalue weighted by Gasteiger charge is 2.18. The molecule has 0 saturated heterocycles. The SMILES string of the molecule is O=C(c1ccc(Oc2ccccc2)cc1)C(O)c1ccccc1. The van der Waals surface area contributed by atoms with Crippen molar-refractivity contribution in [2.24, 2.45) is 0 Å². The molecule has 114 valence electrons. The van der Waals surface area contributed by atoms with Crippen molar-refractivity contribution in [3.63, 3.8) is 0 Å². The van der Waals surface area contributed by atoms with Crippen LogP contribution >= 0.6 is 0 Å². The minimum absolute atomic E-state index is 0.331. The number of ether oxygens (including phenoxy) is 1. The van der Waals surface area contributed by atoms with Gasteiger partial charge in [-0.3, -0.25) is 4.79 Å². The molecule has 3 aromatic rings. The van der Waals surface area contributed by atoms with Crippen LogP contribution in [0.1, 0.15) is 22.0 Å². The molecule has 0 bridgehead atoms. The minimum atomic E-state index is -1.16. The van der Waals surface area contributed by atoms with Gasteiger partial charge in [-0.05, 0) is 42.0 Å². The molecule has 0 aliphatic carbocycles. The fourth-order valence-electron chi connectivity index (χ4n) is 2.26. The molecule has 0 aromatic heterocycles. The van der Waals surface area contributed by atoms with E-state index < -0.39 is 6.10 Å². The fourth-order valence-corrected chi connectivity index (χ4v) is 2.26. The van der Waals surface area contributed by atoms with Crippen molar-refractivity contribution in [1.82, 2.24) is 0 Å². The van der Waals surface area contributed by atoms with Crippen LogP contribution in [0.5, 0.6) is 11.5 Å². The number of carbonyl (C=O) groups is 1. The summed E-state index contributed by atoms with van der Waals surface area (Å²) in [5.74, 6) is 1.04. The number of aliphatic hydroxyl groups excluding tert-OH is 1. The molecule has 23 heavy (non-hydrogen) atoms. The van der Waals surface area contributed by atoms with Gasteiger partial charge in [0.25, 0.3) is 0 Å². The van der Waals surface area contributed by atoms with Crippen molar-refractivity contribution >= 4 is 5.78 Å². The van der Waals surface area contributed by atoms with Crippen molar-refractivity contribution in [2.75, 3.05) is 0 Å². The first-order valence-corrected chi connectivity index (χ1v) is 7.34. The molecule has 1 N–H and O–H groups in total. The molecule has 0 spiro atoms. The molecule has 3 heteroatoms. The summed E-state index contributed by atoms with van der Waals surface area (Å²) < 4.78 is 5.68. The average molecular weight is 304 g/mol. The van der Waals surface area contributed by atoms with Crippen molar-refractivity contribution in [1.29, 1.82) is 0 Å². The summed E-state index contributed by atoms with van der Waals surface area (Å²) in [6, 6.07) is 25.1. The minimum Gasteiger partial charge on any atom is -0.457 e. The number of hydrogen-bond acceptors (Lipinski definition) is 3. The molecule has 1 unspecified atom stereocenters. The summed E-state index contributed by atoms with van der Waals surface area (Å²) in [4.78, 5) is 12.3. The number of para-hydroxylation sites is 1. The number of aliphatic hydroxyl groups is 1. The first-order chi connectivity index (χ1) is 11.2. The van der Waals surface area contributed by atoms with Gasteiger partial charge in [0.15, 0.2) is 5.78 Å². The van der Waals surface area contributed by atoms with Crippen LogP contribution in [0.2, 0.25) is 0 Å². The Kier molecular flexibility index (Phi) is 4.50. The quantitative estimate of drug-likeness (QED) is 0.711. The number of benzene rings is 3. The Morgan fingerprint density at radius 3 is 1.87 bits per heavy atom. The highest BCUT2D eigenvalue weighted by molar-refractivity contribution is 5.99. The fraction of sp³-hybridized carbons (Fsp3) is 0.0500. The largest absolute Gasteiger partial charge is 0.457 e. The summed E-state index contributed by atoms with van der Waals surface area (Å²) in [5.41, 5.74) is 1.03. The third-order valence-electron chi connectivity index (χ3n) is 3.48. The lowest BCUT2D eigenvalue weighted by atomic mass is 10.00. The van der Waals surface area contributed by atoms with E-state index in [0.29, 0.717) is 16.9 Å². The molecule has 0 fully saturated rings. The molecule has 3 rings (SSSR count). The highest BCUT2D eigenvalue weighted by atomic mass is 16.5. The molecule has 0 radical (unpaired) electrons. The zero-order chi connectivity index (χ0) is 16.1. The molecule has 0 aliphatic heterocycles. The Morgan fingerprint density at radius 1 is 0.739 bits per heavy atom. The van der Waals surface area contributed by atoms with Crippen LogP contribution in [0.25, 0.3) is 0 Å². The van der Waals surface area contributed by atoms with E-state index in [9.17, 15) is 9.90 Å². The van der Waals surface area contributed by atoms with Gasteiger partial charge in [0.1, 0.15) is 17.6 Å². The average Bonchev–Trinajstić information content (AvgIpc) is 2.63. The predicted octanol–water partition coefficient (Wildman–Crippen LogP) is 4.40. The van der Waals surface area contributed by atoms with Gasteiger partial charge in [0, 0.05) is 5.56 Å². The van der Waals surface area contributed by atoms with Gasteiger partial charge in [-0.25, -0.2) is 0 Å². The summed E-state index contributed by atoms with van der Waals surface area (Å²) in [5, 5.41) is 10.2. The van der Waals surface area contributed by atoms with Gasteiger partial charge in [0.2, 0.25) is 0 Å². The molecule has 0 heterocycles. The van der Waals surface area contributed by atoms with Gasteiger partial charge in [0.05, 0.1) is 0 Å². The van der Waals surface area contributed by atoms with Crippen molar-refractivity contribution < 1.29 is 14.6 Å². The summed E-state index contributed by atoms with van der Waals surface area (Å²) in [7, 11) is 0. The molecule has 0 amide bonds. The molecule has 3 aromatic carbocycles. The van der Waals surface area contributed by atoms with Gasteiger partial charge in [-0.15, -0.1) is 0 Å². The zero-order valence-electron chi connectivity index (χ0n) is 12.4. The van der Waals surface area contributed by atoms with Crippen LogP contribution in [0.3, 0.4) is 0 Å². The lowest BCUT2D eigenvalue weighted by molar-refractivity contribution is 0.0747. The monoisotopic (exact) mass is 304 g/mol. The number of Topliss-reactive ketones (excluding diaryl/α,β-unsaturated/α-hetero) is 1. The Morgan fingerprint density at radius 2 is 1.26 bits per heavy atom. The normalized spacial score (nSPS) is 11.7. The maximum Gasteiger partial charge on any atom is 0.195 e. The molecule has 0 aliphatic rings. The maximum atomic E-state index is 12.3. The van der Waals surface area contributed by atoms with Crippen LogP contribution in [0, 0.1) is 0 Å². The Balaban J connectivity index is 1.73. The standard InChI is InChI=1S/C20H16O3/c21-19(15-7-3-1-4-8-15)20(22)16-11-13-18(14-12-16)23-17-9-5-2-6-10-17/h1-14,19,21H. The van der Waals surface area contributed by atoms with Gasteiger partial charge in [-0.1, -0.05) is 48.5 Å². The zero-order valence-corrected chi connectivity index (χ0v) is 12.4. The van der Waals surface area contributed by atoms with E-state index >= 15 is 0 Å². The lowest BCUT2D eigenvalue weighted by Crippen LogP contribution is -2.12. The topological polar surface area (TPSA) is 46.5 Å². The molecule has 1 atom stereocenters. The van der Waals surface area contributed by atoms with Crippen LogP contribution < -0.4 is 4.74 Å². The lowest BCUT2D eigenvalue weighted by Gasteiger charge is -2.11. The Labute approximate surface area is 134 Å². The van der Waals surface area contributed by atoms with Gasteiger partial charge < -0.3 is 9.84 Å². The Bertz CT molecular complexity index is 765. The number of ketones is 1. The van der Waals surface area contributed by atoms with E-state index in [0.717, 1.165) is 5.75 Å². The number of rotatable bonds is 5. The van der Waals surface area contributed by atoms with Gasteiger partial charge in [-0.2, -0.15) is 0 Å². The van der Waals surface area contributed by atoms with Crippen molar-refractivity contribution in [3.05, 3.63) is 96.1 Å². The third-order valence-corrected chi connectivity index (χ3v) is 3.48. The highest BCUT2D eigenvalue weighted by Crippen LogP contribution is 2.23. The maximum absolute atomic E-state index is 12.3. The van der Waals surface area contributed by atoms with Gasteiger partial charge >= 0.3 is 0 Å². The summed E-state index contributed by atoms with van der Waals surface area (Å²) in [6.07, 6.45) is -1.16. The van der Waals surface area contributed by atoms with E-state index in [1.807, 2.05) is 36.4 Å². The van der Waals surface area contributed by atoms with Crippen LogP contribution in [0.15, 0.2) is 84.9 Å². The van der Waals surface area contributed by atoms with Crippen molar-refractivity contribution in [3.8, 4) is 11.5 Å². The first kappa shape index (κ1) is 15.0. The first-order valence-electron chi connectivity index (χ1n) is 7.34. The van der Waals surface area contributed by atoms with E-state index in [-0.39, 0.29) is 5.78 Å². The van der Waals surface area contributed by atoms with Crippen LogP contribution in [-0.4, -0.2) is 10.9 Å². The second-order valence-corrected chi connectivity index (χ2v) is 5.12. The second-order valence-electron chi connectivity index (χ2n) is 5.12. The van der Waals surface area contributed by atoms with Crippen molar-refractivity contribution in [2.45, 2.75) is 6.10 Å². The van der Waals surface area contributed by atoms with E-state index in [1.54, 1.807) is 48.5 Å². The summed E-state index contributed by atoms with van der Waals surface area (Å²) in [6.45, 7) is 0. The Hall–Kier alpha value is -2.91. The van der Waals surface area contributed by atoms with E-state index in [4.69, 9.17) is 4.74 Å². The number of carbonyl (C=O) groups excluding carboxylic acids is 1. The molecular weight excluding hydrogens is 288 g/mol. The molecule has 3 nitrogen and oxygen atoms in total. The predicted molar refractivity (Wildman–Crippen MR) is 88.7 cm³/mol. The molecule has 0 saturated carbocycles. The van der Waals surface area contributed by atoms with Crippen LogP contribution in [0.4, 0.5) is 0 Å². The summed E-state index contributed by atoms with van der Waals surface area (Å²) >= 11 is 0. The smallest absolute Gasteiger partial charge is 0.195 e. The second kappa shape index (κ2) is 6.90. The van der Waals surface area contributed by atoms with Crippen LogP contribution in [-0.2, 0) is 0 Å². The number of hydrogen-bond donors (Lipinski definition) is 1. The molecular formula is C20H16O3. The third kappa shape index (κ3) is 3.65.